The molecule has 90 valence electrons. The van der Waals surface area contributed by atoms with Crippen molar-refractivity contribution >= 4 is 21.6 Å². The predicted octanol–water partition coefficient (Wildman–Crippen LogP) is 2.98. The van der Waals surface area contributed by atoms with Crippen LogP contribution in [0.1, 0.15) is 18.4 Å². The number of anilines is 1. The van der Waals surface area contributed by atoms with Crippen LogP contribution in [-0.2, 0) is 13.1 Å². The number of pyridine rings is 1. The standard InChI is InChI=1S/C12H15BrN4/c1-3-17-7-6-14-12(17)8-15-10-4-5-11(13)16-9(10)2/h4-7,15H,3,8H2,1-2H3. The van der Waals surface area contributed by atoms with Gasteiger partial charge in [0.1, 0.15) is 10.4 Å². The largest absolute Gasteiger partial charge is 0.376 e. The number of halogens is 1. The zero-order valence-electron chi connectivity index (χ0n) is 9.94. The Balaban J connectivity index is 2.07. The molecule has 5 heteroatoms. The number of nitrogens with one attached hydrogen (secondary N) is 1. The molecule has 0 radical (unpaired) electrons. The molecule has 0 atom stereocenters. The lowest BCUT2D eigenvalue weighted by Crippen LogP contribution is -2.08. The summed E-state index contributed by atoms with van der Waals surface area (Å²) in [6.45, 7) is 5.75. The van der Waals surface area contributed by atoms with Gasteiger partial charge in [0.15, 0.2) is 0 Å². The Morgan fingerprint density at radius 3 is 2.94 bits per heavy atom. The summed E-state index contributed by atoms with van der Waals surface area (Å²) in [7, 11) is 0. The normalized spacial score (nSPS) is 10.5. The maximum atomic E-state index is 4.34. The second-order valence-corrected chi connectivity index (χ2v) is 4.56. The van der Waals surface area contributed by atoms with Gasteiger partial charge >= 0.3 is 0 Å². The van der Waals surface area contributed by atoms with Gasteiger partial charge in [-0.15, -0.1) is 0 Å². The molecular weight excluding hydrogens is 280 g/mol. The van der Waals surface area contributed by atoms with E-state index in [-0.39, 0.29) is 0 Å². The van der Waals surface area contributed by atoms with Crippen molar-refractivity contribution in [1.29, 1.82) is 0 Å². The predicted molar refractivity (Wildman–Crippen MR) is 71.9 cm³/mol. The summed E-state index contributed by atoms with van der Waals surface area (Å²) in [5, 5.41) is 3.35. The third-order valence-corrected chi connectivity index (χ3v) is 3.07. The SMILES string of the molecule is CCn1ccnc1CNc1ccc(Br)nc1C. The van der Waals surface area contributed by atoms with Crippen LogP contribution in [0.25, 0.3) is 0 Å². The molecule has 0 aliphatic carbocycles. The molecule has 0 bridgehead atoms. The Kier molecular flexibility index (Phi) is 3.78. The van der Waals surface area contributed by atoms with Crippen molar-refractivity contribution in [3.63, 3.8) is 0 Å². The summed E-state index contributed by atoms with van der Waals surface area (Å²) in [6.07, 6.45) is 3.82. The van der Waals surface area contributed by atoms with Gasteiger partial charge in [-0.25, -0.2) is 9.97 Å². The molecule has 0 saturated carbocycles. The molecule has 0 aliphatic heterocycles. The fourth-order valence-electron chi connectivity index (χ4n) is 1.69. The fourth-order valence-corrected chi connectivity index (χ4v) is 2.08. The molecule has 0 aromatic carbocycles. The molecule has 2 rings (SSSR count). The summed E-state index contributed by atoms with van der Waals surface area (Å²) < 4.78 is 2.98. The molecule has 0 spiro atoms. The van der Waals surface area contributed by atoms with Gasteiger partial charge in [-0.2, -0.15) is 0 Å². The summed E-state index contributed by atoms with van der Waals surface area (Å²) in [4.78, 5) is 8.66. The number of rotatable bonds is 4. The highest BCUT2D eigenvalue weighted by Crippen LogP contribution is 2.16. The third-order valence-electron chi connectivity index (χ3n) is 2.63. The van der Waals surface area contributed by atoms with Gasteiger partial charge in [-0.05, 0) is 41.9 Å². The zero-order chi connectivity index (χ0) is 12.3. The lowest BCUT2D eigenvalue weighted by atomic mass is 10.3. The first-order chi connectivity index (χ1) is 8.20. The number of aryl methyl sites for hydroxylation is 2. The van der Waals surface area contributed by atoms with Crippen molar-refractivity contribution in [3.05, 3.63) is 40.6 Å². The van der Waals surface area contributed by atoms with E-state index in [1.54, 1.807) is 0 Å². The first kappa shape index (κ1) is 12.1. The lowest BCUT2D eigenvalue weighted by Gasteiger charge is -2.10. The van der Waals surface area contributed by atoms with Crippen LogP contribution in [-0.4, -0.2) is 14.5 Å². The van der Waals surface area contributed by atoms with E-state index in [1.165, 1.54) is 0 Å². The molecular formula is C12H15BrN4. The van der Waals surface area contributed by atoms with Gasteiger partial charge in [0.25, 0.3) is 0 Å². The quantitative estimate of drug-likeness (QED) is 0.882. The maximum Gasteiger partial charge on any atom is 0.128 e. The summed E-state index contributed by atoms with van der Waals surface area (Å²) >= 11 is 3.35. The van der Waals surface area contributed by atoms with Crippen LogP contribution < -0.4 is 5.32 Å². The van der Waals surface area contributed by atoms with Crippen molar-refractivity contribution in [2.45, 2.75) is 26.9 Å². The fraction of sp³-hybridized carbons (Fsp3) is 0.333. The van der Waals surface area contributed by atoms with Crippen LogP contribution in [0.2, 0.25) is 0 Å². The monoisotopic (exact) mass is 294 g/mol. The summed E-state index contributed by atoms with van der Waals surface area (Å²) in [6, 6.07) is 3.95. The smallest absolute Gasteiger partial charge is 0.128 e. The molecule has 0 amide bonds. The Hall–Kier alpha value is -1.36. The van der Waals surface area contributed by atoms with Crippen LogP contribution in [0.15, 0.2) is 29.1 Å². The first-order valence-corrected chi connectivity index (χ1v) is 6.37. The molecule has 4 nitrogen and oxygen atoms in total. The van der Waals surface area contributed by atoms with E-state index in [9.17, 15) is 0 Å². The Bertz CT molecular complexity index is 507. The van der Waals surface area contributed by atoms with E-state index in [4.69, 9.17) is 0 Å². The summed E-state index contributed by atoms with van der Waals surface area (Å²) in [5.74, 6) is 1.04. The molecule has 0 fully saturated rings. The van der Waals surface area contributed by atoms with Crippen molar-refractivity contribution in [1.82, 2.24) is 14.5 Å². The minimum atomic E-state index is 0.713. The second-order valence-electron chi connectivity index (χ2n) is 3.75. The van der Waals surface area contributed by atoms with Gasteiger partial charge in [-0.1, -0.05) is 0 Å². The van der Waals surface area contributed by atoms with E-state index in [0.29, 0.717) is 6.54 Å². The average Bonchev–Trinajstić information content (AvgIpc) is 2.75. The van der Waals surface area contributed by atoms with Crippen LogP contribution in [0.3, 0.4) is 0 Å². The number of aromatic nitrogens is 3. The minimum absolute atomic E-state index is 0.713. The molecule has 0 unspecified atom stereocenters. The van der Waals surface area contributed by atoms with E-state index in [2.05, 4.69) is 42.7 Å². The zero-order valence-corrected chi connectivity index (χ0v) is 11.5. The molecule has 2 heterocycles. The highest BCUT2D eigenvalue weighted by Gasteiger charge is 2.03. The second kappa shape index (κ2) is 5.31. The summed E-state index contributed by atoms with van der Waals surface area (Å²) in [5.41, 5.74) is 2.02. The van der Waals surface area contributed by atoms with E-state index < -0.39 is 0 Å². The Morgan fingerprint density at radius 1 is 1.41 bits per heavy atom. The first-order valence-electron chi connectivity index (χ1n) is 5.57. The van der Waals surface area contributed by atoms with Crippen molar-refractivity contribution in [2.75, 3.05) is 5.32 Å². The van der Waals surface area contributed by atoms with Crippen molar-refractivity contribution < 1.29 is 0 Å². The molecule has 1 N–H and O–H groups in total. The van der Waals surface area contributed by atoms with Gasteiger partial charge in [0.2, 0.25) is 0 Å². The number of hydrogen-bond acceptors (Lipinski definition) is 3. The molecule has 17 heavy (non-hydrogen) atoms. The third kappa shape index (κ3) is 2.85. The van der Waals surface area contributed by atoms with Gasteiger partial charge in [-0.3, -0.25) is 0 Å². The van der Waals surface area contributed by atoms with E-state index in [1.807, 2.05) is 31.5 Å². The van der Waals surface area contributed by atoms with Gasteiger partial charge in [0, 0.05) is 18.9 Å². The Labute approximate surface area is 109 Å². The van der Waals surface area contributed by atoms with E-state index >= 15 is 0 Å². The number of nitrogens with zero attached hydrogens (tertiary/aromatic N) is 3. The average molecular weight is 295 g/mol. The van der Waals surface area contributed by atoms with Crippen molar-refractivity contribution in [3.8, 4) is 0 Å². The van der Waals surface area contributed by atoms with Gasteiger partial charge in [0.05, 0.1) is 17.9 Å². The number of hydrogen-bond donors (Lipinski definition) is 1. The lowest BCUT2D eigenvalue weighted by molar-refractivity contribution is 0.708. The van der Waals surface area contributed by atoms with Crippen LogP contribution in [0.4, 0.5) is 5.69 Å². The minimum Gasteiger partial charge on any atom is -0.376 e. The number of imidazole rings is 1. The highest BCUT2D eigenvalue weighted by atomic mass is 79.9. The molecule has 0 aliphatic rings. The Morgan fingerprint density at radius 2 is 2.24 bits per heavy atom. The van der Waals surface area contributed by atoms with Gasteiger partial charge < -0.3 is 9.88 Å². The maximum absolute atomic E-state index is 4.34. The van der Waals surface area contributed by atoms with E-state index in [0.717, 1.165) is 28.4 Å². The molecule has 2 aromatic heterocycles. The topological polar surface area (TPSA) is 42.7 Å². The molecule has 0 saturated heterocycles. The van der Waals surface area contributed by atoms with Crippen molar-refractivity contribution in [2.24, 2.45) is 0 Å². The molecule has 2 aromatic rings. The van der Waals surface area contributed by atoms with Crippen LogP contribution in [0, 0.1) is 6.92 Å². The van der Waals surface area contributed by atoms with Crippen LogP contribution in [0.5, 0.6) is 0 Å². The van der Waals surface area contributed by atoms with Crippen LogP contribution >= 0.6 is 15.9 Å². The highest BCUT2D eigenvalue weighted by molar-refractivity contribution is 9.10.